The lowest BCUT2D eigenvalue weighted by Crippen LogP contribution is -2.45. The van der Waals surface area contributed by atoms with E-state index in [0.717, 1.165) is 11.4 Å². The molecule has 0 aromatic heterocycles. The number of aliphatic imine (C=N–C) groups is 2. The van der Waals surface area contributed by atoms with E-state index in [9.17, 15) is 0 Å². The van der Waals surface area contributed by atoms with Crippen molar-refractivity contribution in [1.29, 1.82) is 0 Å². The van der Waals surface area contributed by atoms with Crippen LogP contribution in [-0.2, 0) is 0 Å². The molecule has 1 aromatic carbocycles. The van der Waals surface area contributed by atoms with Crippen LogP contribution < -0.4 is 16.0 Å². The second-order valence-electron chi connectivity index (χ2n) is 3.16. The van der Waals surface area contributed by atoms with Crippen molar-refractivity contribution >= 4 is 23.7 Å². The fraction of sp³-hybridized carbons (Fsp3) is 0.111. The largest absolute Gasteiger partial charge is 0.369 e. The van der Waals surface area contributed by atoms with Gasteiger partial charge < -0.3 is 11.1 Å². The lowest BCUT2D eigenvalue weighted by molar-refractivity contribution is 0.808. The molecule has 1 unspecified atom stereocenters. The van der Waals surface area contributed by atoms with E-state index in [1.807, 2.05) is 29.2 Å². The molecule has 0 bridgehead atoms. The van der Waals surface area contributed by atoms with E-state index in [1.54, 1.807) is 0 Å². The Morgan fingerprint density at radius 1 is 1.36 bits per heavy atom. The quantitative estimate of drug-likeness (QED) is 0.623. The van der Waals surface area contributed by atoms with E-state index < -0.39 is 0 Å². The third kappa shape index (κ3) is 0.834. The molecule has 1 atom stereocenters. The van der Waals surface area contributed by atoms with Crippen LogP contribution in [0.2, 0.25) is 0 Å². The first-order chi connectivity index (χ1) is 6.86. The fourth-order valence-electron chi connectivity index (χ4n) is 1.71. The number of benzene rings is 1. The van der Waals surface area contributed by atoms with Crippen LogP contribution in [0.4, 0.5) is 11.4 Å². The summed E-state index contributed by atoms with van der Waals surface area (Å²) in [5.41, 5.74) is 7.84. The van der Waals surface area contributed by atoms with Gasteiger partial charge in [-0.05, 0) is 12.1 Å². The molecule has 5 nitrogen and oxygen atoms in total. The van der Waals surface area contributed by atoms with Crippen LogP contribution in [0.1, 0.15) is 0 Å². The van der Waals surface area contributed by atoms with Crippen LogP contribution in [0.5, 0.6) is 0 Å². The summed E-state index contributed by atoms with van der Waals surface area (Å²) in [6.45, 7) is 0. The van der Waals surface area contributed by atoms with Gasteiger partial charge in [0.25, 0.3) is 0 Å². The molecule has 2 aliphatic heterocycles. The molecule has 0 radical (unpaired) electrons. The van der Waals surface area contributed by atoms with E-state index in [2.05, 4.69) is 15.3 Å². The minimum atomic E-state index is -0.134. The molecule has 70 valence electrons. The van der Waals surface area contributed by atoms with Crippen molar-refractivity contribution in [3.63, 3.8) is 0 Å². The average Bonchev–Trinajstić information content (AvgIpc) is 2.57. The highest BCUT2D eigenvalue weighted by atomic mass is 15.5. The summed E-state index contributed by atoms with van der Waals surface area (Å²) in [7, 11) is 0. The molecule has 2 aliphatic rings. The second-order valence-corrected chi connectivity index (χ2v) is 3.16. The number of fused-ring (bicyclic) bond motifs is 3. The number of hydrogen-bond donors (Lipinski definition) is 2. The zero-order valence-corrected chi connectivity index (χ0v) is 7.38. The molecule has 14 heavy (non-hydrogen) atoms. The Kier molecular flexibility index (Phi) is 1.30. The predicted octanol–water partition coefficient (Wildman–Crippen LogP) is 0.559. The molecular weight excluding hydrogens is 178 g/mol. The van der Waals surface area contributed by atoms with Gasteiger partial charge in [0.15, 0.2) is 0 Å². The maximum absolute atomic E-state index is 5.78. The molecule has 1 aromatic rings. The molecule has 0 saturated carbocycles. The lowest BCUT2D eigenvalue weighted by atomic mass is 10.3. The molecule has 0 aliphatic carbocycles. The van der Waals surface area contributed by atoms with E-state index >= 15 is 0 Å². The molecule has 2 heterocycles. The first kappa shape index (κ1) is 7.37. The smallest absolute Gasteiger partial charge is 0.205 e. The van der Waals surface area contributed by atoms with Gasteiger partial charge in [-0.2, -0.15) is 0 Å². The van der Waals surface area contributed by atoms with Gasteiger partial charge in [0.2, 0.25) is 12.2 Å². The minimum absolute atomic E-state index is 0.134. The molecule has 3 rings (SSSR count). The third-order valence-corrected chi connectivity index (χ3v) is 2.34. The molecule has 3 N–H and O–H groups in total. The predicted molar refractivity (Wildman–Crippen MR) is 56.4 cm³/mol. The Morgan fingerprint density at radius 3 is 3.14 bits per heavy atom. The first-order valence-corrected chi connectivity index (χ1v) is 4.36. The van der Waals surface area contributed by atoms with Gasteiger partial charge >= 0.3 is 0 Å². The van der Waals surface area contributed by atoms with Gasteiger partial charge in [0.1, 0.15) is 6.34 Å². The number of nitrogens with zero attached hydrogens (tertiary/aromatic N) is 3. The monoisotopic (exact) mass is 187 g/mol. The topological polar surface area (TPSA) is 66.0 Å². The van der Waals surface area contributed by atoms with Crippen LogP contribution in [0.25, 0.3) is 0 Å². The summed E-state index contributed by atoms with van der Waals surface area (Å²) in [4.78, 5) is 10.0. The van der Waals surface area contributed by atoms with Gasteiger partial charge in [0, 0.05) is 0 Å². The maximum Gasteiger partial charge on any atom is 0.205 e. The van der Waals surface area contributed by atoms with Crippen molar-refractivity contribution in [1.82, 2.24) is 0 Å². The highest BCUT2D eigenvalue weighted by Gasteiger charge is 2.31. The Balaban J connectivity index is 2.14. The van der Waals surface area contributed by atoms with Crippen LogP contribution >= 0.6 is 0 Å². The minimum Gasteiger partial charge on any atom is -0.369 e. The number of para-hydroxylation sites is 2. The van der Waals surface area contributed by atoms with Crippen LogP contribution in [0.3, 0.4) is 0 Å². The first-order valence-electron chi connectivity index (χ1n) is 4.36. The normalized spacial score (nSPS) is 22.4. The van der Waals surface area contributed by atoms with Crippen molar-refractivity contribution in [2.24, 2.45) is 15.7 Å². The van der Waals surface area contributed by atoms with Crippen molar-refractivity contribution in [3.8, 4) is 0 Å². The number of rotatable bonds is 0. The molecule has 0 fully saturated rings. The van der Waals surface area contributed by atoms with Crippen molar-refractivity contribution in [2.45, 2.75) is 6.29 Å². The Bertz CT molecular complexity index is 437. The van der Waals surface area contributed by atoms with Crippen molar-refractivity contribution in [2.75, 3.05) is 10.2 Å². The SMILES string of the molecule is NC1=NC=NC2Nc3ccccc3N12. The zero-order chi connectivity index (χ0) is 9.54. The Labute approximate surface area is 81.0 Å². The van der Waals surface area contributed by atoms with Crippen molar-refractivity contribution < 1.29 is 0 Å². The lowest BCUT2D eigenvalue weighted by Gasteiger charge is -2.24. The Hall–Kier alpha value is -2.04. The third-order valence-electron chi connectivity index (χ3n) is 2.34. The van der Waals surface area contributed by atoms with Gasteiger partial charge in [-0.1, -0.05) is 12.1 Å². The summed E-state index contributed by atoms with van der Waals surface area (Å²) in [5.74, 6) is 0.474. The summed E-state index contributed by atoms with van der Waals surface area (Å²) in [5, 5.41) is 3.23. The molecule has 5 heteroatoms. The maximum atomic E-state index is 5.78. The van der Waals surface area contributed by atoms with Crippen LogP contribution in [-0.4, -0.2) is 18.6 Å². The van der Waals surface area contributed by atoms with E-state index in [-0.39, 0.29) is 6.29 Å². The van der Waals surface area contributed by atoms with Gasteiger partial charge in [-0.3, -0.25) is 4.90 Å². The van der Waals surface area contributed by atoms with Crippen LogP contribution in [0, 0.1) is 0 Å². The average molecular weight is 187 g/mol. The van der Waals surface area contributed by atoms with Gasteiger partial charge in [0.05, 0.1) is 11.4 Å². The van der Waals surface area contributed by atoms with Crippen molar-refractivity contribution in [3.05, 3.63) is 24.3 Å². The number of hydrogen-bond acceptors (Lipinski definition) is 5. The highest BCUT2D eigenvalue weighted by molar-refractivity contribution is 6.05. The number of nitrogens with two attached hydrogens (primary N) is 1. The molecular formula is C9H9N5. The Morgan fingerprint density at radius 2 is 2.21 bits per heavy atom. The van der Waals surface area contributed by atoms with E-state index in [4.69, 9.17) is 5.73 Å². The second kappa shape index (κ2) is 2.47. The summed E-state index contributed by atoms with van der Waals surface area (Å²) < 4.78 is 0. The van der Waals surface area contributed by atoms with Gasteiger partial charge in [-0.25, -0.2) is 9.98 Å². The number of nitrogens with one attached hydrogen (secondary N) is 1. The summed E-state index contributed by atoms with van der Waals surface area (Å²) in [6, 6.07) is 7.93. The van der Waals surface area contributed by atoms with E-state index in [1.165, 1.54) is 6.34 Å². The zero-order valence-electron chi connectivity index (χ0n) is 7.38. The fourth-order valence-corrected chi connectivity index (χ4v) is 1.71. The molecule has 0 amide bonds. The molecule has 0 saturated heterocycles. The summed E-state index contributed by atoms with van der Waals surface area (Å²) >= 11 is 0. The number of anilines is 2. The van der Waals surface area contributed by atoms with Gasteiger partial charge in [-0.15, -0.1) is 0 Å². The van der Waals surface area contributed by atoms with E-state index in [0.29, 0.717) is 5.96 Å². The molecule has 0 spiro atoms. The van der Waals surface area contributed by atoms with Crippen LogP contribution in [0.15, 0.2) is 34.3 Å². The highest BCUT2D eigenvalue weighted by Crippen LogP contribution is 2.34. The standard InChI is InChI=1S/C9H9N5/c10-8-11-5-12-9-13-6-3-1-2-4-7(6)14(8)9/h1-5,9,13H,(H2,10,11,12). The summed E-state index contributed by atoms with van der Waals surface area (Å²) in [6.07, 6.45) is 1.35. The number of guanidine groups is 1.